The zero-order chi connectivity index (χ0) is 18.4. The van der Waals surface area contributed by atoms with Gasteiger partial charge in [0, 0.05) is 23.8 Å². The van der Waals surface area contributed by atoms with E-state index < -0.39 is 0 Å². The third kappa shape index (κ3) is 4.83. The molecule has 0 radical (unpaired) electrons. The number of aromatic nitrogens is 1. The summed E-state index contributed by atoms with van der Waals surface area (Å²) in [5.41, 5.74) is 4.01. The van der Waals surface area contributed by atoms with Crippen LogP contribution in [0.5, 0.6) is 11.5 Å². The number of rotatable bonds is 6. The smallest absolute Gasteiger partial charge is 0.243 e. The summed E-state index contributed by atoms with van der Waals surface area (Å²) < 4.78 is 5.71. The van der Waals surface area contributed by atoms with Crippen molar-refractivity contribution in [2.45, 2.75) is 13.8 Å². The van der Waals surface area contributed by atoms with Crippen LogP contribution in [-0.2, 0) is 4.79 Å². The van der Waals surface area contributed by atoms with Crippen molar-refractivity contribution < 1.29 is 9.53 Å². The molecule has 0 fully saturated rings. The van der Waals surface area contributed by atoms with Crippen molar-refractivity contribution in [3.05, 3.63) is 78.1 Å². The molecule has 5 nitrogen and oxygen atoms in total. The number of nitrogens with one attached hydrogen (secondary N) is 2. The van der Waals surface area contributed by atoms with E-state index in [1.807, 2.05) is 56.3 Å². The van der Waals surface area contributed by atoms with Gasteiger partial charge in [0.25, 0.3) is 0 Å². The van der Waals surface area contributed by atoms with E-state index in [9.17, 15) is 4.79 Å². The minimum absolute atomic E-state index is 0.0923. The maximum absolute atomic E-state index is 12.1. The molecule has 0 unspecified atom stereocenters. The standard InChI is InChI=1S/C21H21N3O2/c1-15-3-4-18(13-16(15)2)24-21(25)14-23-17-5-7-19(8-6-17)26-20-9-11-22-12-10-20/h3-13,23H,14H2,1-2H3,(H,24,25). The van der Waals surface area contributed by atoms with E-state index in [0.29, 0.717) is 0 Å². The third-order valence-electron chi connectivity index (χ3n) is 3.98. The number of anilines is 2. The van der Waals surface area contributed by atoms with Gasteiger partial charge in [-0.1, -0.05) is 6.07 Å². The van der Waals surface area contributed by atoms with Crippen molar-refractivity contribution >= 4 is 17.3 Å². The van der Waals surface area contributed by atoms with Gasteiger partial charge in [-0.3, -0.25) is 9.78 Å². The molecule has 5 heteroatoms. The van der Waals surface area contributed by atoms with Gasteiger partial charge in [0.1, 0.15) is 11.5 Å². The van der Waals surface area contributed by atoms with E-state index in [1.54, 1.807) is 24.5 Å². The molecule has 3 aromatic rings. The zero-order valence-electron chi connectivity index (χ0n) is 14.8. The Morgan fingerprint density at radius 1 is 0.885 bits per heavy atom. The Hall–Kier alpha value is -3.34. The van der Waals surface area contributed by atoms with Gasteiger partial charge in [0.05, 0.1) is 6.54 Å². The van der Waals surface area contributed by atoms with E-state index in [2.05, 4.69) is 15.6 Å². The van der Waals surface area contributed by atoms with Gasteiger partial charge in [0.2, 0.25) is 5.91 Å². The topological polar surface area (TPSA) is 63.2 Å². The largest absolute Gasteiger partial charge is 0.457 e. The van der Waals surface area contributed by atoms with Crippen LogP contribution in [0.2, 0.25) is 0 Å². The van der Waals surface area contributed by atoms with Crippen LogP contribution in [0.25, 0.3) is 0 Å². The summed E-state index contributed by atoms with van der Waals surface area (Å²) in [7, 11) is 0. The molecule has 1 aromatic heterocycles. The van der Waals surface area contributed by atoms with Crippen LogP contribution in [-0.4, -0.2) is 17.4 Å². The third-order valence-corrected chi connectivity index (χ3v) is 3.98. The van der Waals surface area contributed by atoms with Crippen LogP contribution in [0.4, 0.5) is 11.4 Å². The number of benzene rings is 2. The molecule has 0 spiro atoms. The number of carbonyl (C=O) groups excluding carboxylic acids is 1. The van der Waals surface area contributed by atoms with Crippen molar-refractivity contribution in [3.8, 4) is 11.5 Å². The number of ether oxygens (including phenoxy) is 1. The summed E-state index contributed by atoms with van der Waals surface area (Å²) in [6.45, 7) is 4.26. The lowest BCUT2D eigenvalue weighted by Gasteiger charge is -2.10. The molecule has 0 aliphatic rings. The molecule has 0 aliphatic heterocycles. The molecular formula is C21H21N3O2. The van der Waals surface area contributed by atoms with Gasteiger partial charge in [-0.15, -0.1) is 0 Å². The van der Waals surface area contributed by atoms with Gasteiger partial charge < -0.3 is 15.4 Å². The van der Waals surface area contributed by atoms with E-state index in [1.165, 1.54) is 5.56 Å². The second-order valence-corrected chi connectivity index (χ2v) is 6.01. The molecular weight excluding hydrogens is 326 g/mol. The molecule has 0 saturated carbocycles. The van der Waals surface area contributed by atoms with Crippen LogP contribution in [0.1, 0.15) is 11.1 Å². The Labute approximate surface area is 153 Å². The summed E-state index contributed by atoms with van der Waals surface area (Å²) >= 11 is 0. The van der Waals surface area contributed by atoms with Gasteiger partial charge in [-0.05, 0) is 73.5 Å². The van der Waals surface area contributed by atoms with Gasteiger partial charge in [-0.25, -0.2) is 0 Å². The van der Waals surface area contributed by atoms with Gasteiger partial charge >= 0.3 is 0 Å². The minimum atomic E-state index is -0.0923. The first-order valence-electron chi connectivity index (χ1n) is 8.39. The van der Waals surface area contributed by atoms with Crippen molar-refractivity contribution in [3.63, 3.8) is 0 Å². The molecule has 1 amide bonds. The fraction of sp³-hybridized carbons (Fsp3) is 0.143. The SMILES string of the molecule is Cc1ccc(NC(=O)CNc2ccc(Oc3ccncc3)cc2)cc1C. The molecule has 0 saturated heterocycles. The number of amides is 1. The lowest BCUT2D eigenvalue weighted by Crippen LogP contribution is -2.21. The highest BCUT2D eigenvalue weighted by molar-refractivity contribution is 5.93. The van der Waals surface area contributed by atoms with E-state index in [0.717, 1.165) is 28.4 Å². The van der Waals surface area contributed by atoms with Crippen LogP contribution in [0.15, 0.2) is 67.0 Å². The Bertz CT molecular complexity index is 878. The van der Waals surface area contributed by atoms with Gasteiger partial charge in [0.15, 0.2) is 0 Å². The molecule has 2 N–H and O–H groups in total. The number of hydrogen-bond acceptors (Lipinski definition) is 4. The van der Waals surface area contributed by atoms with E-state index in [4.69, 9.17) is 4.74 Å². The number of carbonyl (C=O) groups is 1. The first-order chi connectivity index (χ1) is 12.6. The van der Waals surface area contributed by atoms with E-state index in [-0.39, 0.29) is 12.5 Å². The fourth-order valence-corrected chi connectivity index (χ4v) is 2.39. The van der Waals surface area contributed by atoms with Crippen molar-refractivity contribution in [1.29, 1.82) is 0 Å². The fourth-order valence-electron chi connectivity index (χ4n) is 2.39. The molecule has 2 aromatic carbocycles. The minimum Gasteiger partial charge on any atom is -0.457 e. The van der Waals surface area contributed by atoms with Gasteiger partial charge in [-0.2, -0.15) is 0 Å². The highest BCUT2D eigenvalue weighted by Crippen LogP contribution is 2.22. The second kappa shape index (κ2) is 8.16. The summed E-state index contributed by atoms with van der Waals surface area (Å²) in [4.78, 5) is 16.0. The lowest BCUT2D eigenvalue weighted by molar-refractivity contribution is -0.114. The Balaban J connectivity index is 1.51. The highest BCUT2D eigenvalue weighted by atomic mass is 16.5. The van der Waals surface area contributed by atoms with Crippen molar-refractivity contribution in [2.75, 3.05) is 17.2 Å². The zero-order valence-corrected chi connectivity index (χ0v) is 14.8. The first-order valence-corrected chi connectivity index (χ1v) is 8.39. The maximum Gasteiger partial charge on any atom is 0.243 e. The highest BCUT2D eigenvalue weighted by Gasteiger charge is 2.04. The molecule has 0 bridgehead atoms. The molecule has 0 atom stereocenters. The average molecular weight is 347 g/mol. The average Bonchev–Trinajstić information content (AvgIpc) is 2.65. The van der Waals surface area contributed by atoms with Crippen LogP contribution in [0.3, 0.4) is 0 Å². The first kappa shape index (κ1) is 17.5. The number of hydrogen-bond donors (Lipinski definition) is 2. The summed E-state index contributed by atoms with van der Waals surface area (Å²) in [6, 6.07) is 16.9. The molecule has 0 aliphatic carbocycles. The van der Waals surface area contributed by atoms with Crippen molar-refractivity contribution in [2.24, 2.45) is 0 Å². The van der Waals surface area contributed by atoms with Crippen LogP contribution < -0.4 is 15.4 Å². The molecule has 132 valence electrons. The number of pyridine rings is 1. The molecule has 1 heterocycles. The Kier molecular flexibility index (Phi) is 5.49. The van der Waals surface area contributed by atoms with Crippen molar-refractivity contribution in [1.82, 2.24) is 4.98 Å². The quantitative estimate of drug-likeness (QED) is 0.687. The second-order valence-electron chi connectivity index (χ2n) is 6.01. The molecule has 3 rings (SSSR count). The summed E-state index contributed by atoms with van der Waals surface area (Å²) in [5, 5.41) is 6.00. The summed E-state index contributed by atoms with van der Waals surface area (Å²) in [5.74, 6) is 1.36. The Morgan fingerprint density at radius 2 is 1.54 bits per heavy atom. The van der Waals surface area contributed by atoms with Crippen LogP contribution in [0, 0.1) is 13.8 Å². The monoisotopic (exact) mass is 347 g/mol. The maximum atomic E-state index is 12.1. The van der Waals surface area contributed by atoms with E-state index >= 15 is 0 Å². The number of nitrogens with zero attached hydrogens (tertiary/aromatic N) is 1. The normalized spacial score (nSPS) is 10.2. The number of aryl methyl sites for hydroxylation is 2. The van der Waals surface area contributed by atoms with Crippen LogP contribution >= 0.6 is 0 Å². The molecule has 26 heavy (non-hydrogen) atoms. The predicted octanol–water partition coefficient (Wildman–Crippen LogP) is 4.54. The Morgan fingerprint density at radius 3 is 2.23 bits per heavy atom. The summed E-state index contributed by atoms with van der Waals surface area (Å²) in [6.07, 6.45) is 3.36. The lowest BCUT2D eigenvalue weighted by atomic mass is 10.1. The predicted molar refractivity (Wildman–Crippen MR) is 104 cm³/mol.